The zero-order chi connectivity index (χ0) is 24.3. The molecule has 3 heterocycles. The molecule has 2 aromatic carbocycles. The lowest BCUT2D eigenvalue weighted by Crippen LogP contribution is -2.81. The van der Waals surface area contributed by atoms with E-state index in [0.717, 1.165) is 17.7 Å². The Hall–Kier alpha value is -2.46. The van der Waals surface area contributed by atoms with Crippen molar-refractivity contribution in [2.75, 3.05) is 19.6 Å². The summed E-state index contributed by atoms with van der Waals surface area (Å²) in [5.74, 6) is -0.639. The van der Waals surface area contributed by atoms with Crippen LogP contribution >= 0.6 is 11.6 Å². The van der Waals surface area contributed by atoms with E-state index in [4.69, 9.17) is 11.6 Å². The number of alkyl halides is 3. The number of likely N-dealkylation sites (tertiary alicyclic amines) is 1. The number of fused-ring (bicyclic) bond motifs is 2. The molecule has 3 aliphatic heterocycles. The fourth-order valence-electron chi connectivity index (χ4n) is 5.32. The first kappa shape index (κ1) is 23.3. The van der Waals surface area contributed by atoms with E-state index in [9.17, 15) is 27.9 Å². The predicted molar refractivity (Wildman–Crippen MR) is 118 cm³/mol. The van der Waals surface area contributed by atoms with Crippen LogP contribution in [0.4, 0.5) is 13.2 Å². The third-order valence-electron chi connectivity index (χ3n) is 6.91. The average Bonchev–Trinajstić information content (AvgIpc) is 3.14. The Labute approximate surface area is 199 Å². The van der Waals surface area contributed by atoms with Crippen molar-refractivity contribution < 1.29 is 27.9 Å². The van der Waals surface area contributed by atoms with Crippen molar-refractivity contribution in [3.05, 3.63) is 70.2 Å². The zero-order valence-electron chi connectivity index (χ0n) is 18.1. The second-order valence-electron chi connectivity index (χ2n) is 9.29. The van der Waals surface area contributed by atoms with Crippen LogP contribution in [0, 0.1) is 0 Å². The molecule has 0 saturated carbocycles. The third-order valence-corrected chi connectivity index (χ3v) is 7.15. The second-order valence-corrected chi connectivity index (χ2v) is 9.73. The van der Waals surface area contributed by atoms with Gasteiger partial charge in [-0.05, 0) is 41.8 Å². The van der Waals surface area contributed by atoms with Crippen molar-refractivity contribution in [3.8, 4) is 0 Å². The molecule has 1 spiro atoms. The molecule has 2 aromatic rings. The van der Waals surface area contributed by atoms with E-state index < -0.39 is 29.4 Å². The molecule has 0 radical (unpaired) electrons. The molecule has 34 heavy (non-hydrogen) atoms. The van der Waals surface area contributed by atoms with Gasteiger partial charge < -0.3 is 5.11 Å². The maximum absolute atomic E-state index is 13.6. The van der Waals surface area contributed by atoms with Crippen LogP contribution < -0.4 is 0 Å². The van der Waals surface area contributed by atoms with E-state index >= 15 is 0 Å². The summed E-state index contributed by atoms with van der Waals surface area (Å²) >= 11 is 6.07. The summed E-state index contributed by atoms with van der Waals surface area (Å²) < 4.78 is 38.5. The Bertz CT molecular complexity index is 1120. The van der Waals surface area contributed by atoms with Gasteiger partial charge >= 0.3 is 6.18 Å². The number of hydrogen-bond donors (Lipinski definition) is 1. The highest BCUT2D eigenvalue weighted by Crippen LogP contribution is 2.41. The molecule has 3 aliphatic rings. The van der Waals surface area contributed by atoms with E-state index in [0.29, 0.717) is 30.2 Å². The minimum atomic E-state index is -4.39. The fraction of sp³-hybridized carbons (Fsp3) is 0.417. The highest BCUT2D eigenvalue weighted by Gasteiger charge is 2.64. The first-order valence-corrected chi connectivity index (χ1v) is 11.4. The maximum atomic E-state index is 13.6. The largest absolute Gasteiger partial charge is 0.416 e. The third kappa shape index (κ3) is 4.00. The number of imide groups is 1. The van der Waals surface area contributed by atoms with E-state index in [1.165, 1.54) is 17.0 Å². The molecule has 0 bridgehead atoms. The number of nitrogens with zero attached hydrogens (tertiary/aromatic N) is 3. The lowest BCUT2D eigenvalue weighted by Gasteiger charge is -2.58. The van der Waals surface area contributed by atoms with Crippen LogP contribution in [0.2, 0.25) is 5.02 Å². The molecule has 10 heteroatoms. The number of piperazine rings is 1. The molecule has 2 atom stereocenters. The Morgan fingerprint density at radius 3 is 2.38 bits per heavy atom. The number of carbonyl (C=O) groups excluding carboxylic acids is 2. The highest BCUT2D eigenvalue weighted by molar-refractivity contribution is 6.30. The van der Waals surface area contributed by atoms with Crippen molar-refractivity contribution >= 4 is 23.4 Å². The quantitative estimate of drug-likeness (QED) is 0.664. The van der Waals surface area contributed by atoms with Crippen LogP contribution in [-0.2, 0) is 28.9 Å². The normalized spacial score (nSPS) is 25.0. The number of β-amino-alcohol motifs (C(OH)–C–C–N with tert-alkyl or cyclic N) is 1. The molecule has 180 valence electrons. The summed E-state index contributed by atoms with van der Waals surface area (Å²) in [5, 5.41) is 10.8. The summed E-state index contributed by atoms with van der Waals surface area (Å²) in [6.45, 7) is 1.38. The van der Waals surface area contributed by atoms with Gasteiger partial charge in [0.1, 0.15) is 5.54 Å². The van der Waals surface area contributed by atoms with Gasteiger partial charge in [0.25, 0.3) is 5.91 Å². The van der Waals surface area contributed by atoms with Gasteiger partial charge in [-0.2, -0.15) is 13.2 Å². The zero-order valence-corrected chi connectivity index (χ0v) is 18.9. The summed E-state index contributed by atoms with van der Waals surface area (Å²) in [7, 11) is 0. The van der Waals surface area contributed by atoms with E-state index in [-0.39, 0.29) is 31.3 Å². The van der Waals surface area contributed by atoms with Gasteiger partial charge in [0.15, 0.2) is 0 Å². The first-order valence-electron chi connectivity index (χ1n) is 11.0. The minimum Gasteiger partial charge on any atom is -0.392 e. The smallest absolute Gasteiger partial charge is 0.392 e. The standard InChI is InChI=1S/C24H23ClF3N3O3/c25-18-3-1-2-16(8-18)11-30-21(33)20-9-19(32)12-31(20)23(22(30)34)13-29(14-23)10-15-4-6-17(7-5-15)24(26,27)28/h1-8,19-20,32H,9-14H2/t19-,20+/m1/s1. The summed E-state index contributed by atoms with van der Waals surface area (Å²) in [4.78, 5) is 31.9. The number of hydrogen-bond acceptors (Lipinski definition) is 5. The van der Waals surface area contributed by atoms with Gasteiger partial charge in [-0.1, -0.05) is 35.9 Å². The van der Waals surface area contributed by atoms with Crippen molar-refractivity contribution in [1.82, 2.24) is 14.7 Å². The molecule has 0 aliphatic carbocycles. The number of aliphatic hydroxyl groups excluding tert-OH is 1. The predicted octanol–water partition coefficient (Wildman–Crippen LogP) is 2.92. The molecule has 0 aromatic heterocycles. The van der Waals surface area contributed by atoms with Gasteiger partial charge in [0.05, 0.1) is 24.3 Å². The van der Waals surface area contributed by atoms with Gasteiger partial charge in [0, 0.05) is 31.2 Å². The Balaban J connectivity index is 1.35. The van der Waals surface area contributed by atoms with Crippen molar-refractivity contribution in [1.29, 1.82) is 0 Å². The molecule has 3 saturated heterocycles. The maximum Gasteiger partial charge on any atom is 0.416 e. The van der Waals surface area contributed by atoms with Gasteiger partial charge in [-0.15, -0.1) is 0 Å². The monoisotopic (exact) mass is 493 g/mol. The molecule has 5 rings (SSSR count). The van der Waals surface area contributed by atoms with Gasteiger partial charge in [0.2, 0.25) is 5.91 Å². The minimum absolute atomic E-state index is 0.0965. The lowest BCUT2D eigenvalue weighted by molar-refractivity contribution is -0.181. The molecule has 6 nitrogen and oxygen atoms in total. The average molecular weight is 494 g/mol. The van der Waals surface area contributed by atoms with Crippen molar-refractivity contribution in [2.24, 2.45) is 0 Å². The SMILES string of the molecule is O=C1[C@@H]2C[C@@H](O)CN2C2(CN(Cc3ccc(C(F)(F)F)cc3)C2)C(=O)N1Cc1cccc(Cl)c1. The first-order chi connectivity index (χ1) is 16.1. The Morgan fingerprint density at radius 2 is 1.74 bits per heavy atom. The number of halogens is 4. The molecular weight excluding hydrogens is 471 g/mol. The number of benzene rings is 2. The van der Waals surface area contributed by atoms with Crippen molar-refractivity contribution in [3.63, 3.8) is 0 Å². The Morgan fingerprint density at radius 1 is 1.03 bits per heavy atom. The van der Waals surface area contributed by atoms with Crippen LogP contribution in [0.3, 0.4) is 0 Å². The van der Waals surface area contributed by atoms with E-state index in [2.05, 4.69) is 0 Å². The van der Waals surface area contributed by atoms with E-state index in [1.807, 2.05) is 9.80 Å². The number of amides is 2. The van der Waals surface area contributed by atoms with Crippen molar-refractivity contribution in [2.45, 2.75) is 43.4 Å². The van der Waals surface area contributed by atoms with Gasteiger partial charge in [-0.3, -0.25) is 24.3 Å². The van der Waals surface area contributed by atoms with Crippen LogP contribution in [0.15, 0.2) is 48.5 Å². The number of carbonyl (C=O) groups is 2. The number of aliphatic hydroxyl groups is 1. The van der Waals surface area contributed by atoms with Gasteiger partial charge in [-0.25, -0.2) is 0 Å². The summed E-state index contributed by atoms with van der Waals surface area (Å²) in [5.41, 5.74) is -0.211. The lowest BCUT2D eigenvalue weighted by atomic mass is 9.82. The van der Waals surface area contributed by atoms with Crippen LogP contribution in [0.1, 0.15) is 23.1 Å². The molecule has 2 amide bonds. The molecule has 1 N–H and O–H groups in total. The summed E-state index contributed by atoms with van der Waals surface area (Å²) in [6, 6.07) is 11.4. The fourth-order valence-corrected chi connectivity index (χ4v) is 5.54. The highest BCUT2D eigenvalue weighted by atomic mass is 35.5. The molecule has 0 unspecified atom stereocenters. The van der Waals surface area contributed by atoms with E-state index in [1.54, 1.807) is 24.3 Å². The Kier molecular flexibility index (Phi) is 5.71. The number of rotatable bonds is 4. The second kappa shape index (κ2) is 8.34. The molecule has 3 fully saturated rings. The van der Waals surface area contributed by atoms with Crippen LogP contribution in [0.25, 0.3) is 0 Å². The van der Waals surface area contributed by atoms with Crippen LogP contribution in [0.5, 0.6) is 0 Å². The summed E-state index contributed by atoms with van der Waals surface area (Å²) in [6.07, 6.45) is -4.83. The molecular formula is C24H23ClF3N3O3. The topological polar surface area (TPSA) is 64.1 Å². The van der Waals surface area contributed by atoms with Crippen LogP contribution in [-0.4, -0.2) is 68.9 Å².